The minimum absolute atomic E-state index is 0.0449. The number of benzene rings is 2. The first-order valence-electron chi connectivity index (χ1n) is 9.01. The molecule has 0 aliphatic heterocycles. The summed E-state index contributed by atoms with van der Waals surface area (Å²) in [7, 11) is 0. The quantitative estimate of drug-likeness (QED) is 0.591. The van der Waals surface area contributed by atoms with Gasteiger partial charge in [-0.05, 0) is 54.6 Å². The van der Waals surface area contributed by atoms with E-state index < -0.39 is 17.8 Å². The molecule has 1 heterocycles. The summed E-state index contributed by atoms with van der Waals surface area (Å²) >= 11 is 0. The zero-order valence-corrected chi connectivity index (χ0v) is 14.8. The molecule has 3 nitrogen and oxygen atoms in total. The Balaban J connectivity index is 1.44. The average Bonchev–Trinajstić information content (AvgIpc) is 2.68. The van der Waals surface area contributed by atoms with E-state index in [1.807, 2.05) is 0 Å². The van der Waals surface area contributed by atoms with Crippen molar-refractivity contribution in [2.45, 2.75) is 38.0 Å². The Morgan fingerprint density at radius 1 is 1.07 bits per heavy atom. The summed E-state index contributed by atoms with van der Waals surface area (Å²) in [5.41, 5.74) is -0.125. The number of pyridine rings is 1. The number of ether oxygens (including phenoxy) is 1. The molecule has 1 fully saturated rings. The fourth-order valence-electron chi connectivity index (χ4n) is 3.40. The molecular weight excluding hydrogens is 372 g/mol. The van der Waals surface area contributed by atoms with Crippen LogP contribution in [0, 0.1) is 11.6 Å². The van der Waals surface area contributed by atoms with Gasteiger partial charge in [0, 0.05) is 35.9 Å². The molecule has 0 bridgehead atoms. The fourth-order valence-corrected chi connectivity index (χ4v) is 3.40. The Labute approximate surface area is 159 Å². The van der Waals surface area contributed by atoms with Crippen molar-refractivity contribution in [3.8, 4) is 5.75 Å². The standard InChI is InChI=1S/C21H18F4N2O/c22-17-4-2-13(9-15(17)21(24)25)28-20-6-5-19(20)27-11-16-14-7-8-26-10-12(14)1-3-18(16)23/h1-4,7-10,19-21,27H,5-6,11H2/t19-,20-/m1/s1. The molecule has 28 heavy (non-hydrogen) atoms. The molecule has 1 aromatic heterocycles. The third-order valence-electron chi connectivity index (χ3n) is 5.12. The maximum atomic E-state index is 14.3. The monoisotopic (exact) mass is 390 g/mol. The smallest absolute Gasteiger partial charge is 0.266 e. The predicted octanol–water partition coefficient (Wildman–Crippen LogP) is 5.15. The lowest BCUT2D eigenvalue weighted by Gasteiger charge is -2.37. The van der Waals surface area contributed by atoms with Crippen molar-refractivity contribution < 1.29 is 22.3 Å². The molecule has 0 spiro atoms. The molecule has 7 heteroatoms. The molecule has 2 atom stereocenters. The minimum atomic E-state index is -2.90. The molecule has 1 N–H and O–H groups in total. The number of hydrogen-bond acceptors (Lipinski definition) is 3. The highest BCUT2D eigenvalue weighted by Crippen LogP contribution is 2.31. The SMILES string of the molecule is Fc1ccc(O[C@@H]2CC[C@H]2NCc2c(F)ccc3cnccc23)cc1C(F)F. The van der Waals surface area contributed by atoms with Crippen molar-refractivity contribution in [2.24, 2.45) is 0 Å². The Morgan fingerprint density at radius 2 is 1.89 bits per heavy atom. The van der Waals surface area contributed by atoms with Crippen LogP contribution in [0.3, 0.4) is 0 Å². The summed E-state index contributed by atoms with van der Waals surface area (Å²) in [6, 6.07) is 8.19. The minimum Gasteiger partial charge on any atom is -0.489 e. The lowest BCUT2D eigenvalue weighted by atomic mass is 9.88. The number of halogens is 4. The Bertz CT molecular complexity index is 995. The van der Waals surface area contributed by atoms with Gasteiger partial charge in [-0.25, -0.2) is 17.6 Å². The number of nitrogens with one attached hydrogen (secondary N) is 1. The van der Waals surface area contributed by atoms with Gasteiger partial charge in [0.05, 0.1) is 5.56 Å². The van der Waals surface area contributed by atoms with Gasteiger partial charge in [0.2, 0.25) is 0 Å². The molecule has 0 unspecified atom stereocenters. The molecule has 3 aromatic rings. The molecule has 0 saturated heterocycles. The maximum Gasteiger partial charge on any atom is 0.266 e. The summed E-state index contributed by atoms with van der Waals surface area (Å²) < 4.78 is 59.1. The van der Waals surface area contributed by atoms with Crippen LogP contribution in [0.1, 0.15) is 30.4 Å². The van der Waals surface area contributed by atoms with Crippen LogP contribution in [0.2, 0.25) is 0 Å². The maximum absolute atomic E-state index is 14.3. The summed E-state index contributed by atoms with van der Waals surface area (Å²) in [6.45, 7) is 0.309. The second-order valence-electron chi connectivity index (χ2n) is 6.83. The zero-order chi connectivity index (χ0) is 19.7. The third kappa shape index (κ3) is 3.67. The summed E-state index contributed by atoms with van der Waals surface area (Å²) in [4.78, 5) is 4.05. The van der Waals surface area contributed by atoms with Gasteiger partial charge in [0.1, 0.15) is 23.5 Å². The van der Waals surface area contributed by atoms with Crippen molar-refractivity contribution >= 4 is 10.8 Å². The van der Waals surface area contributed by atoms with Crippen molar-refractivity contribution in [1.29, 1.82) is 0 Å². The van der Waals surface area contributed by atoms with Gasteiger partial charge in [-0.3, -0.25) is 4.98 Å². The van der Waals surface area contributed by atoms with Crippen LogP contribution < -0.4 is 10.1 Å². The first-order chi connectivity index (χ1) is 13.5. The second-order valence-corrected chi connectivity index (χ2v) is 6.83. The van der Waals surface area contributed by atoms with Gasteiger partial charge in [-0.15, -0.1) is 0 Å². The van der Waals surface area contributed by atoms with E-state index in [-0.39, 0.29) is 23.7 Å². The molecule has 1 aliphatic rings. The molecule has 2 aromatic carbocycles. The van der Waals surface area contributed by atoms with Crippen molar-refractivity contribution in [3.05, 3.63) is 71.6 Å². The normalized spacial score (nSPS) is 19.0. The molecule has 146 valence electrons. The highest BCUT2D eigenvalue weighted by molar-refractivity contribution is 5.84. The largest absolute Gasteiger partial charge is 0.489 e. The van der Waals surface area contributed by atoms with Crippen LogP contribution in [0.4, 0.5) is 17.6 Å². The molecule has 1 saturated carbocycles. The topological polar surface area (TPSA) is 34.1 Å². The Kier molecular flexibility index (Phi) is 5.17. The van der Waals surface area contributed by atoms with Crippen LogP contribution in [0.5, 0.6) is 5.75 Å². The summed E-state index contributed by atoms with van der Waals surface area (Å²) in [6.07, 6.45) is 1.72. The van der Waals surface area contributed by atoms with Crippen LogP contribution in [-0.2, 0) is 6.54 Å². The third-order valence-corrected chi connectivity index (χ3v) is 5.12. The van der Waals surface area contributed by atoms with Crippen LogP contribution >= 0.6 is 0 Å². The van der Waals surface area contributed by atoms with E-state index in [4.69, 9.17) is 4.74 Å². The van der Waals surface area contributed by atoms with Gasteiger partial charge in [-0.1, -0.05) is 0 Å². The van der Waals surface area contributed by atoms with Gasteiger partial charge < -0.3 is 10.1 Å². The van der Waals surface area contributed by atoms with Crippen LogP contribution in [-0.4, -0.2) is 17.1 Å². The van der Waals surface area contributed by atoms with E-state index in [1.54, 1.807) is 24.5 Å². The van der Waals surface area contributed by atoms with Gasteiger partial charge in [0.25, 0.3) is 6.43 Å². The summed E-state index contributed by atoms with van der Waals surface area (Å²) in [5, 5.41) is 4.93. The lowest BCUT2D eigenvalue weighted by molar-refractivity contribution is 0.0708. The van der Waals surface area contributed by atoms with Crippen molar-refractivity contribution in [1.82, 2.24) is 10.3 Å². The Hall–Kier alpha value is -2.67. The van der Waals surface area contributed by atoms with Crippen LogP contribution in [0.25, 0.3) is 10.8 Å². The lowest BCUT2D eigenvalue weighted by Crippen LogP contribution is -2.50. The first-order valence-corrected chi connectivity index (χ1v) is 9.01. The molecule has 4 rings (SSSR count). The highest BCUT2D eigenvalue weighted by atomic mass is 19.3. The molecular formula is C21H18F4N2O. The first kappa shape index (κ1) is 18.7. The summed E-state index contributed by atoms with van der Waals surface area (Å²) in [5.74, 6) is -1.05. The number of alkyl halides is 2. The predicted molar refractivity (Wildman–Crippen MR) is 97.3 cm³/mol. The number of nitrogens with zero attached hydrogens (tertiary/aromatic N) is 1. The average molecular weight is 390 g/mol. The fraction of sp³-hybridized carbons (Fsp3) is 0.286. The van der Waals surface area contributed by atoms with Gasteiger partial charge in [-0.2, -0.15) is 0 Å². The highest BCUT2D eigenvalue weighted by Gasteiger charge is 2.33. The molecule has 0 radical (unpaired) electrons. The van der Waals surface area contributed by atoms with Crippen molar-refractivity contribution in [3.63, 3.8) is 0 Å². The van der Waals surface area contributed by atoms with Crippen LogP contribution in [0.15, 0.2) is 48.8 Å². The van der Waals surface area contributed by atoms with E-state index in [1.165, 1.54) is 12.1 Å². The van der Waals surface area contributed by atoms with E-state index in [2.05, 4.69) is 10.3 Å². The number of rotatable bonds is 6. The van der Waals surface area contributed by atoms with Gasteiger partial charge in [0.15, 0.2) is 0 Å². The van der Waals surface area contributed by atoms with E-state index >= 15 is 0 Å². The molecule has 0 amide bonds. The molecule has 1 aliphatic carbocycles. The van der Waals surface area contributed by atoms with Crippen molar-refractivity contribution in [2.75, 3.05) is 0 Å². The number of fused-ring (bicyclic) bond motifs is 1. The van der Waals surface area contributed by atoms with Gasteiger partial charge >= 0.3 is 0 Å². The Morgan fingerprint density at radius 3 is 2.64 bits per heavy atom. The number of hydrogen-bond donors (Lipinski definition) is 1. The zero-order valence-electron chi connectivity index (χ0n) is 14.8. The van der Waals surface area contributed by atoms with E-state index in [9.17, 15) is 17.6 Å². The van der Waals surface area contributed by atoms with E-state index in [0.29, 0.717) is 12.1 Å². The second kappa shape index (κ2) is 7.75. The number of aromatic nitrogens is 1. The van der Waals surface area contributed by atoms with E-state index in [0.717, 1.165) is 35.7 Å².